The van der Waals surface area contributed by atoms with Gasteiger partial charge in [0.1, 0.15) is 18.0 Å². The van der Waals surface area contributed by atoms with Crippen LogP contribution in [0, 0.1) is 12.3 Å². The first-order chi connectivity index (χ1) is 14.7. The second kappa shape index (κ2) is 11.4. The smallest absolute Gasteiger partial charge is 0.134 e. The van der Waals surface area contributed by atoms with Crippen LogP contribution in [0.4, 0.5) is 5.69 Å². The minimum Gasteiger partial charge on any atom is -0.377 e. The van der Waals surface area contributed by atoms with Crippen molar-refractivity contribution in [3.8, 4) is 12.3 Å². The zero-order chi connectivity index (χ0) is 21.2. The lowest BCUT2D eigenvalue weighted by atomic mass is 9.97. The molecule has 1 saturated heterocycles. The first-order valence-corrected chi connectivity index (χ1v) is 9.85. The number of benzene rings is 1. The van der Waals surface area contributed by atoms with Crippen molar-refractivity contribution in [1.82, 2.24) is 0 Å². The number of terminal acetylenes is 1. The Morgan fingerprint density at radius 3 is 2.37 bits per heavy atom. The predicted molar refractivity (Wildman–Crippen MR) is 118 cm³/mol. The molecule has 0 bridgehead atoms. The third-order valence-corrected chi connectivity index (χ3v) is 4.64. The summed E-state index contributed by atoms with van der Waals surface area (Å²) >= 11 is 0. The Hall–Kier alpha value is -2.76. The summed E-state index contributed by atoms with van der Waals surface area (Å²) < 4.78 is 23.0. The number of hydrogen-bond donors (Lipinski definition) is 1. The van der Waals surface area contributed by atoms with Crippen LogP contribution in [0.2, 0.25) is 0 Å². The molecular weight excluding hydrogens is 382 g/mol. The molecule has 0 radical (unpaired) electrons. The van der Waals surface area contributed by atoms with E-state index in [2.05, 4.69) is 27.9 Å². The van der Waals surface area contributed by atoms with Gasteiger partial charge in [-0.15, -0.1) is 6.42 Å². The molecule has 3 rings (SSSR count). The maximum atomic E-state index is 6.04. The number of fused-ring (bicyclic) bond motifs is 1. The summed E-state index contributed by atoms with van der Waals surface area (Å²) in [4.78, 5) is 8.61. The van der Waals surface area contributed by atoms with Gasteiger partial charge >= 0.3 is 0 Å². The van der Waals surface area contributed by atoms with Gasteiger partial charge in [0.25, 0.3) is 0 Å². The van der Waals surface area contributed by atoms with Gasteiger partial charge in [0.15, 0.2) is 0 Å². The quantitative estimate of drug-likeness (QED) is 0.472. The van der Waals surface area contributed by atoms with Crippen molar-refractivity contribution in [1.29, 1.82) is 0 Å². The summed E-state index contributed by atoms with van der Waals surface area (Å²) in [5, 5.41) is 3.32. The molecule has 7 heteroatoms. The van der Waals surface area contributed by atoms with Gasteiger partial charge in [-0.3, -0.25) is 9.98 Å². The molecule has 2 atom stereocenters. The third kappa shape index (κ3) is 5.88. The van der Waals surface area contributed by atoms with Crippen molar-refractivity contribution in [3.63, 3.8) is 0 Å². The summed E-state index contributed by atoms with van der Waals surface area (Å²) in [5.41, 5.74) is 3.07. The van der Waals surface area contributed by atoms with E-state index >= 15 is 0 Å². The fourth-order valence-corrected chi connectivity index (χ4v) is 3.18. The lowest BCUT2D eigenvalue weighted by molar-refractivity contribution is -0.0760. The maximum absolute atomic E-state index is 6.04. The number of nitrogens with zero attached hydrogens (tertiary/aromatic N) is 2. The molecule has 158 valence electrons. The van der Waals surface area contributed by atoms with Crippen LogP contribution in [0.25, 0.3) is 0 Å². The van der Waals surface area contributed by atoms with Gasteiger partial charge < -0.3 is 24.3 Å². The zero-order valence-corrected chi connectivity index (χ0v) is 17.2. The lowest BCUT2D eigenvalue weighted by Crippen LogP contribution is -2.35. The number of anilines is 1. The topological polar surface area (TPSA) is 73.7 Å². The minimum absolute atomic E-state index is 0.305. The van der Waals surface area contributed by atoms with Gasteiger partial charge in [-0.05, 0) is 37.1 Å². The normalized spacial score (nSPS) is 23.5. The van der Waals surface area contributed by atoms with Gasteiger partial charge in [0, 0.05) is 23.9 Å². The Bertz CT molecular complexity index is 869. The summed E-state index contributed by atoms with van der Waals surface area (Å²) in [6, 6.07) is 7.58. The molecule has 7 nitrogen and oxygen atoms in total. The standard InChI is InChI=1S/C23H27N3O4/c1-4-17-6-5-7-18(14-17)26-23(25-3)19-15-21-22(16-20(19)24-2)30-13-11-28-9-8-27-10-12-29-21/h1,5-7,14-16,21-22H,2,8-13H2,3H3,(H,25,26). The highest BCUT2D eigenvalue weighted by molar-refractivity contribution is 6.11. The molecule has 0 saturated carbocycles. The second-order valence-electron chi connectivity index (χ2n) is 6.61. The molecule has 1 aliphatic carbocycles. The Morgan fingerprint density at radius 2 is 1.73 bits per heavy atom. The highest BCUT2D eigenvalue weighted by Crippen LogP contribution is 2.26. The van der Waals surface area contributed by atoms with E-state index < -0.39 is 0 Å². The van der Waals surface area contributed by atoms with Crippen molar-refractivity contribution in [2.24, 2.45) is 9.98 Å². The molecule has 0 spiro atoms. The summed E-state index contributed by atoms with van der Waals surface area (Å²) in [7, 11) is 1.71. The van der Waals surface area contributed by atoms with E-state index in [0.717, 1.165) is 16.8 Å². The first kappa shape index (κ1) is 21.9. The van der Waals surface area contributed by atoms with E-state index in [-0.39, 0.29) is 12.2 Å². The molecule has 0 aromatic heterocycles. The van der Waals surface area contributed by atoms with Crippen LogP contribution in [-0.4, -0.2) is 71.5 Å². The van der Waals surface area contributed by atoms with Gasteiger partial charge in [0.2, 0.25) is 0 Å². The zero-order valence-electron chi connectivity index (χ0n) is 17.2. The molecule has 2 unspecified atom stereocenters. The number of amidine groups is 1. The molecule has 2 aliphatic rings. The van der Waals surface area contributed by atoms with E-state index in [9.17, 15) is 0 Å². The largest absolute Gasteiger partial charge is 0.377 e. The Balaban J connectivity index is 1.83. The van der Waals surface area contributed by atoms with E-state index in [1.165, 1.54) is 0 Å². The summed E-state index contributed by atoms with van der Waals surface area (Å²) in [5.74, 6) is 3.27. The van der Waals surface area contributed by atoms with Gasteiger partial charge in [-0.1, -0.05) is 12.0 Å². The molecule has 1 heterocycles. The monoisotopic (exact) mass is 409 g/mol. The fraction of sp³-hybridized carbons (Fsp3) is 0.391. The number of nitrogens with one attached hydrogen (secondary N) is 1. The van der Waals surface area contributed by atoms with Crippen molar-refractivity contribution >= 4 is 18.2 Å². The van der Waals surface area contributed by atoms with Crippen LogP contribution >= 0.6 is 0 Å². The van der Waals surface area contributed by atoms with Crippen LogP contribution in [0.5, 0.6) is 0 Å². The maximum Gasteiger partial charge on any atom is 0.134 e. The third-order valence-electron chi connectivity index (χ3n) is 4.64. The molecule has 1 aliphatic heterocycles. The van der Waals surface area contributed by atoms with Crippen LogP contribution in [-0.2, 0) is 18.9 Å². The number of rotatable bonds is 3. The Kier molecular flexibility index (Phi) is 8.36. The van der Waals surface area contributed by atoms with Crippen LogP contribution < -0.4 is 5.32 Å². The Morgan fingerprint density at radius 1 is 1.07 bits per heavy atom. The summed E-state index contributed by atoms with van der Waals surface area (Å²) in [6.45, 7) is 6.65. The minimum atomic E-state index is -0.316. The molecule has 0 amide bonds. The van der Waals surface area contributed by atoms with Gasteiger partial charge in [-0.2, -0.15) is 0 Å². The van der Waals surface area contributed by atoms with Crippen LogP contribution in [0.3, 0.4) is 0 Å². The average Bonchev–Trinajstić information content (AvgIpc) is 2.77. The van der Waals surface area contributed by atoms with E-state index in [1.54, 1.807) is 7.05 Å². The number of ether oxygens (including phenoxy) is 4. The van der Waals surface area contributed by atoms with E-state index in [1.807, 2.05) is 36.4 Å². The highest BCUT2D eigenvalue weighted by atomic mass is 16.6. The first-order valence-electron chi connectivity index (χ1n) is 9.85. The van der Waals surface area contributed by atoms with Crippen molar-refractivity contribution in [2.75, 3.05) is 52.0 Å². The van der Waals surface area contributed by atoms with Crippen molar-refractivity contribution in [3.05, 3.63) is 53.3 Å². The number of aliphatic imine (C=N–C) groups is 2. The number of hydrogen-bond acceptors (Lipinski definition) is 6. The second-order valence-corrected chi connectivity index (χ2v) is 6.61. The predicted octanol–water partition coefficient (Wildman–Crippen LogP) is 2.45. The molecule has 1 aromatic carbocycles. The molecular formula is C23H27N3O4. The van der Waals surface area contributed by atoms with Gasteiger partial charge in [0.05, 0.1) is 45.3 Å². The molecule has 30 heavy (non-hydrogen) atoms. The molecule has 1 fully saturated rings. The summed E-state index contributed by atoms with van der Waals surface area (Å²) in [6.07, 6.45) is 8.76. The molecule has 1 N–H and O–H groups in total. The van der Waals surface area contributed by atoms with Crippen LogP contribution in [0.15, 0.2) is 57.7 Å². The van der Waals surface area contributed by atoms with Crippen molar-refractivity contribution < 1.29 is 18.9 Å². The van der Waals surface area contributed by atoms with Crippen LogP contribution in [0.1, 0.15) is 5.56 Å². The van der Waals surface area contributed by atoms with E-state index in [0.29, 0.717) is 51.2 Å². The highest BCUT2D eigenvalue weighted by Gasteiger charge is 2.28. The SMILES string of the molecule is C#Cc1cccc(N/C(=N/C)C2=CC3OCCOCCOCCOC3C=C2N=C)c1. The average molecular weight is 409 g/mol. The van der Waals surface area contributed by atoms with E-state index in [4.69, 9.17) is 25.4 Å². The van der Waals surface area contributed by atoms with Crippen molar-refractivity contribution in [2.45, 2.75) is 12.2 Å². The Labute approximate surface area is 177 Å². The molecule has 1 aromatic rings. The lowest BCUT2D eigenvalue weighted by Gasteiger charge is -2.29. The van der Waals surface area contributed by atoms with Gasteiger partial charge in [-0.25, -0.2) is 0 Å². The fourth-order valence-electron chi connectivity index (χ4n) is 3.18.